The zero-order chi connectivity index (χ0) is 19.0. The van der Waals surface area contributed by atoms with Crippen molar-refractivity contribution >= 4 is 39.9 Å². The fraction of sp³-hybridized carbons (Fsp3) is 0.200. The molecule has 0 unspecified atom stereocenters. The molecule has 0 radical (unpaired) electrons. The van der Waals surface area contributed by atoms with Crippen LogP contribution in [0.1, 0.15) is 5.56 Å². The van der Waals surface area contributed by atoms with Gasteiger partial charge in [-0.1, -0.05) is 0 Å². The molecule has 0 bridgehead atoms. The zero-order valence-electron chi connectivity index (χ0n) is 13.3. The highest BCUT2D eigenvalue weighted by atomic mass is 79.9. The summed E-state index contributed by atoms with van der Waals surface area (Å²) in [5.74, 6) is -1.02. The summed E-state index contributed by atoms with van der Waals surface area (Å²) < 4.78 is 15.4. The molecule has 0 spiro atoms. The lowest BCUT2D eigenvalue weighted by atomic mass is 10.1. The van der Waals surface area contributed by atoms with Gasteiger partial charge >= 0.3 is 12.0 Å². The van der Waals surface area contributed by atoms with Crippen molar-refractivity contribution in [3.05, 3.63) is 27.7 Å². The molecular formula is C15H14BrN3O6. The van der Waals surface area contributed by atoms with Crippen LogP contribution in [0, 0.1) is 11.3 Å². The lowest BCUT2D eigenvalue weighted by Gasteiger charge is -2.13. The van der Waals surface area contributed by atoms with Gasteiger partial charge in [0.05, 0.1) is 18.7 Å². The summed E-state index contributed by atoms with van der Waals surface area (Å²) in [6, 6.07) is 3.61. The Kier molecular flexibility index (Phi) is 7.43. The Balaban J connectivity index is 3.18. The van der Waals surface area contributed by atoms with Gasteiger partial charge in [-0.2, -0.15) is 5.26 Å². The van der Waals surface area contributed by atoms with Crippen LogP contribution in [0.25, 0.3) is 6.08 Å². The molecule has 0 fully saturated rings. The molecule has 0 saturated heterocycles. The van der Waals surface area contributed by atoms with Crippen molar-refractivity contribution in [1.29, 1.82) is 5.26 Å². The lowest BCUT2D eigenvalue weighted by Crippen LogP contribution is -2.35. The van der Waals surface area contributed by atoms with Crippen LogP contribution < -0.4 is 20.5 Å². The van der Waals surface area contributed by atoms with E-state index < -0.39 is 17.9 Å². The van der Waals surface area contributed by atoms with Crippen LogP contribution in [-0.4, -0.2) is 38.7 Å². The topological polar surface area (TPSA) is 141 Å². The fourth-order valence-corrected chi connectivity index (χ4v) is 2.22. The van der Waals surface area contributed by atoms with Crippen molar-refractivity contribution < 1.29 is 28.6 Å². The van der Waals surface area contributed by atoms with Crippen LogP contribution in [-0.2, 0) is 14.3 Å². The van der Waals surface area contributed by atoms with Gasteiger partial charge in [0.1, 0.15) is 11.6 Å². The molecule has 132 valence electrons. The predicted octanol–water partition coefficient (Wildman–Crippen LogP) is 1.11. The van der Waals surface area contributed by atoms with Gasteiger partial charge in [-0.05, 0) is 39.7 Å². The van der Waals surface area contributed by atoms with Gasteiger partial charge in [0.2, 0.25) is 0 Å². The summed E-state index contributed by atoms with van der Waals surface area (Å²) in [5.41, 5.74) is 4.92. The summed E-state index contributed by atoms with van der Waals surface area (Å²) in [6.07, 6.45) is 1.23. The van der Waals surface area contributed by atoms with E-state index in [1.807, 2.05) is 0 Å². The third-order valence-corrected chi connectivity index (χ3v) is 3.32. The second kappa shape index (κ2) is 9.29. The van der Waals surface area contributed by atoms with Crippen molar-refractivity contribution in [3.63, 3.8) is 0 Å². The minimum atomic E-state index is -1.07. The van der Waals surface area contributed by atoms with Gasteiger partial charge in [-0.15, -0.1) is 0 Å². The number of imide groups is 1. The summed E-state index contributed by atoms with van der Waals surface area (Å²) in [5, 5.41) is 10.8. The number of amides is 3. The fourth-order valence-electron chi connectivity index (χ4n) is 1.65. The van der Waals surface area contributed by atoms with Gasteiger partial charge in [-0.3, -0.25) is 10.1 Å². The van der Waals surface area contributed by atoms with E-state index in [2.05, 4.69) is 20.7 Å². The maximum Gasteiger partial charge on any atom is 0.343 e. The van der Waals surface area contributed by atoms with Gasteiger partial charge in [-0.25, -0.2) is 9.59 Å². The number of hydrogen-bond acceptors (Lipinski definition) is 7. The van der Waals surface area contributed by atoms with E-state index in [1.54, 1.807) is 11.4 Å². The van der Waals surface area contributed by atoms with Crippen LogP contribution in [0.3, 0.4) is 0 Å². The van der Waals surface area contributed by atoms with Crippen molar-refractivity contribution in [3.8, 4) is 17.6 Å². The summed E-state index contributed by atoms with van der Waals surface area (Å²) >= 11 is 3.26. The van der Waals surface area contributed by atoms with Gasteiger partial charge in [0.25, 0.3) is 5.91 Å². The number of carbonyl (C=O) groups excluding carboxylic acids is 3. The van der Waals surface area contributed by atoms with Crippen LogP contribution in [0.4, 0.5) is 4.79 Å². The number of rotatable bonds is 6. The molecule has 3 amide bonds. The number of urea groups is 1. The molecule has 0 atom stereocenters. The SMILES string of the molecule is COC(=O)COc1c(Br)cc(/C=C(/C#N)C(=O)NC(N)=O)cc1OC. The number of nitriles is 1. The Labute approximate surface area is 151 Å². The van der Waals surface area contributed by atoms with Gasteiger partial charge < -0.3 is 19.9 Å². The first-order valence-electron chi connectivity index (χ1n) is 6.62. The van der Waals surface area contributed by atoms with Crippen LogP contribution in [0.15, 0.2) is 22.2 Å². The molecule has 0 saturated carbocycles. The standard InChI is InChI=1S/C15H14BrN3O6/c1-23-11-5-8(3-9(6-17)14(21)19-15(18)22)4-10(16)13(11)25-7-12(20)24-2/h3-5H,7H2,1-2H3,(H3,18,19,21,22)/b9-3-. The third kappa shape index (κ3) is 5.82. The predicted molar refractivity (Wildman–Crippen MR) is 89.5 cm³/mol. The average molecular weight is 412 g/mol. The van der Waals surface area contributed by atoms with Crippen molar-refractivity contribution in [2.75, 3.05) is 20.8 Å². The molecule has 0 aromatic heterocycles. The largest absolute Gasteiger partial charge is 0.493 e. The number of hydrogen-bond donors (Lipinski definition) is 2. The monoisotopic (exact) mass is 411 g/mol. The molecule has 0 aliphatic carbocycles. The van der Waals surface area contributed by atoms with Crippen LogP contribution >= 0.6 is 15.9 Å². The van der Waals surface area contributed by atoms with Crippen LogP contribution in [0.5, 0.6) is 11.5 Å². The second-order valence-electron chi connectivity index (χ2n) is 4.39. The summed E-state index contributed by atoms with van der Waals surface area (Å²) in [7, 11) is 2.61. The molecule has 1 rings (SSSR count). The van der Waals surface area contributed by atoms with Crippen molar-refractivity contribution in [1.82, 2.24) is 5.32 Å². The average Bonchev–Trinajstić information content (AvgIpc) is 2.56. The van der Waals surface area contributed by atoms with Gasteiger partial charge in [0, 0.05) is 0 Å². The van der Waals surface area contributed by atoms with E-state index in [0.717, 1.165) is 0 Å². The molecule has 0 aliphatic rings. The number of carbonyl (C=O) groups is 3. The molecule has 0 heterocycles. The highest BCUT2D eigenvalue weighted by Crippen LogP contribution is 2.37. The Bertz CT molecular complexity index is 769. The van der Waals surface area contributed by atoms with E-state index in [1.165, 1.54) is 32.4 Å². The number of esters is 1. The summed E-state index contributed by atoms with van der Waals surface area (Å²) in [4.78, 5) is 33.6. The minimum absolute atomic E-state index is 0.241. The first-order valence-corrected chi connectivity index (χ1v) is 7.41. The number of primary amides is 1. The smallest absolute Gasteiger partial charge is 0.343 e. The molecule has 10 heteroatoms. The van der Waals surface area contributed by atoms with E-state index in [-0.39, 0.29) is 23.7 Å². The van der Waals surface area contributed by atoms with E-state index >= 15 is 0 Å². The first-order chi connectivity index (χ1) is 11.8. The lowest BCUT2D eigenvalue weighted by molar-refractivity contribution is -0.143. The van der Waals surface area contributed by atoms with Crippen LogP contribution in [0.2, 0.25) is 0 Å². The Hall–Kier alpha value is -3.06. The molecule has 1 aromatic rings. The number of halogens is 1. The number of ether oxygens (including phenoxy) is 3. The molecule has 9 nitrogen and oxygen atoms in total. The maximum absolute atomic E-state index is 11.7. The molecule has 3 N–H and O–H groups in total. The van der Waals surface area contributed by atoms with Crippen molar-refractivity contribution in [2.45, 2.75) is 0 Å². The highest BCUT2D eigenvalue weighted by molar-refractivity contribution is 9.10. The van der Waals surface area contributed by atoms with E-state index in [0.29, 0.717) is 10.0 Å². The van der Waals surface area contributed by atoms with E-state index in [9.17, 15) is 14.4 Å². The second-order valence-corrected chi connectivity index (χ2v) is 5.24. The normalized spacial score (nSPS) is 10.4. The number of nitrogens with zero attached hydrogens (tertiary/aromatic N) is 1. The zero-order valence-corrected chi connectivity index (χ0v) is 14.9. The summed E-state index contributed by atoms with van der Waals surface area (Å²) in [6.45, 7) is -0.328. The molecular weight excluding hydrogens is 398 g/mol. The third-order valence-electron chi connectivity index (χ3n) is 2.73. The van der Waals surface area contributed by atoms with Gasteiger partial charge in [0.15, 0.2) is 18.1 Å². The van der Waals surface area contributed by atoms with E-state index in [4.69, 9.17) is 20.5 Å². The molecule has 0 aliphatic heterocycles. The molecule has 1 aromatic carbocycles. The van der Waals surface area contributed by atoms with Crippen molar-refractivity contribution in [2.24, 2.45) is 5.73 Å². The number of nitrogens with two attached hydrogens (primary N) is 1. The Morgan fingerprint density at radius 2 is 2.04 bits per heavy atom. The first kappa shape index (κ1) is 20.0. The highest BCUT2D eigenvalue weighted by Gasteiger charge is 2.15. The number of nitrogens with one attached hydrogen (secondary N) is 1. The number of methoxy groups -OCH3 is 2. The quantitative estimate of drug-likeness (QED) is 0.405. The number of benzene rings is 1. The Morgan fingerprint density at radius 1 is 1.36 bits per heavy atom. The Morgan fingerprint density at radius 3 is 2.56 bits per heavy atom. The molecule has 25 heavy (non-hydrogen) atoms. The minimum Gasteiger partial charge on any atom is -0.493 e. The maximum atomic E-state index is 11.7.